The van der Waals surface area contributed by atoms with Crippen LogP contribution in [0.15, 0.2) is 23.1 Å². The predicted octanol–water partition coefficient (Wildman–Crippen LogP) is 1.07. The Morgan fingerprint density at radius 2 is 2.27 bits per heavy atom. The number of rotatable bonds is 0. The van der Waals surface area contributed by atoms with E-state index >= 15 is 0 Å². The molecule has 5 heteroatoms. The average Bonchev–Trinajstić information content (AvgIpc) is 2.35. The number of fused-ring (bicyclic) bond motifs is 1. The molecular weight excluding hydrogens is 208 g/mol. The van der Waals surface area contributed by atoms with Crippen molar-refractivity contribution >= 4 is 27.3 Å². The van der Waals surface area contributed by atoms with Crippen molar-refractivity contribution in [3.8, 4) is 0 Å². The maximum Gasteiger partial charge on any atom is 0.151 e. The molecule has 0 saturated carbocycles. The molecule has 0 aliphatic carbocycles. The quantitative estimate of drug-likeness (QED) is 0.712. The van der Waals surface area contributed by atoms with Gasteiger partial charge in [-0.25, -0.2) is 9.50 Å². The number of halogens is 1. The minimum atomic E-state index is 0.491. The molecule has 0 bridgehead atoms. The van der Waals surface area contributed by atoms with Crippen molar-refractivity contribution in [1.29, 1.82) is 0 Å². The molecule has 0 unspecified atom stereocenters. The molecule has 2 aromatic heterocycles. The lowest BCUT2D eigenvalue weighted by atomic mass is 10.5. The third kappa shape index (κ3) is 0.883. The molecule has 56 valence electrons. The maximum atomic E-state index is 5.58. The number of hydrogen-bond acceptors (Lipinski definition) is 3. The standard InChI is InChI=1S/C6H5BrN4/c7-5-2-1-4-6(8)9-3-10-11(4)5/h1-3H,(H2,8,9,10). The molecular formula is C6H5BrN4. The highest BCUT2D eigenvalue weighted by Gasteiger charge is 2.01. The van der Waals surface area contributed by atoms with Crippen molar-refractivity contribution in [2.75, 3.05) is 5.73 Å². The largest absolute Gasteiger partial charge is 0.382 e. The van der Waals surface area contributed by atoms with E-state index in [0.29, 0.717) is 5.82 Å². The first-order valence-corrected chi connectivity index (χ1v) is 3.82. The minimum absolute atomic E-state index is 0.491. The second kappa shape index (κ2) is 2.20. The molecule has 0 aromatic carbocycles. The fraction of sp³-hybridized carbons (Fsp3) is 0. The summed E-state index contributed by atoms with van der Waals surface area (Å²) < 4.78 is 2.56. The predicted molar refractivity (Wildman–Crippen MR) is 45.1 cm³/mol. The third-order valence-electron chi connectivity index (χ3n) is 1.44. The monoisotopic (exact) mass is 212 g/mol. The number of nitrogens with two attached hydrogens (primary N) is 1. The first-order valence-electron chi connectivity index (χ1n) is 3.03. The van der Waals surface area contributed by atoms with E-state index in [1.807, 2.05) is 12.1 Å². The van der Waals surface area contributed by atoms with E-state index in [9.17, 15) is 0 Å². The van der Waals surface area contributed by atoms with E-state index in [1.54, 1.807) is 4.52 Å². The molecule has 4 nitrogen and oxygen atoms in total. The van der Waals surface area contributed by atoms with Crippen LogP contribution in [-0.4, -0.2) is 14.6 Å². The van der Waals surface area contributed by atoms with Crippen LogP contribution in [0.4, 0.5) is 5.82 Å². The van der Waals surface area contributed by atoms with Crippen LogP contribution < -0.4 is 5.73 Å². The van der Waals surface area contributed by atoms with Crippen molar-refractivity contribution in [2.24, 2.45) is 0 Å². The lowest BCUT2D eigenvalue weighted by Gasteiger charge is -1.95. The van der Waals surface area contributed by atoms with Crippen LogP contribution in [0.2, 0.25) is 0 Å². The Labute approximate surface area is 71.2 Å². The lowest BCUT2D eigenvalue weighted by Crippen LogP contribution is -1.98. The molecule has 0 aliphatic rings. The Bertz CT molecular complexity index is 394. The van der Waals surface area contributed by atoms with Crippen LogP contribution in [0.25, 0.3) is 5.52 Å². The second-order valence-electron chi connectivity index (χ2n) is 2.10. The smallest absolute Gasteiger partial charge is 0.151 e. The van der Waals surface area contributed by atoms with Gasteiger partial charge in [0.15, 0.2) is 5.82 Å². The van der Waals surface area contributed by atoms with Crippen molar-refractivity contribution in [3.63, 3.8) is 0 Å². The van der Waals surface area contributed by atoms with Gasteiger partial charge in [0.25, 0.3) is 0 Å². The van der Waals surface area contributed by atoms with Crippen LogP contribution in [-0.2, 0) is 0 Å². The van der Waals surface area contributed by atoms with E-state index in [2.05, 4.69) is 26.0 Å². The van der Waals surface area contributed by atoms with Gasteiger partial charge in [0.2, 0.25) is 0 Å². The van der Waals surface area contributed by atoms with Gasteiger partial charge in [-0.2, -0.15) is 5.10 Å². The molecule has 0 spiro atoms. The fourth-order valence-corrected chi connectivity index (χ4v) is 1.34. The molecule has 0 saturated heterocycles. The van der Waals surface area contributed by atoms with Gasteiger partial charge in [0.1, 0.15) is 16.4 Å². The zero-order valence-electron chi connectivity index (χ0n) is 5.53. The van der Waals surface area contributed by atoms with E-state index in [-0.39, 0.29) is 0 Å². The SMILES string of the molecule is Nc1ncnn2c(Br)ccc12. The summed E-state index contributed by atoms with van der Waals surface area (Å²) in [6, 6.07) is 3.74. The molecule has 2 heterocycles. The molecule has 0 radical (unpaired) electrons. The fourth-order valence-electron chi connectivity index (χ4n) is 0.921. The summed E-state index contributed by atoms with van der Waals surface area (Å²) in [7, 11) is 0. The summed E-state index contributed by atoms with van der Waals surface area (Å²) in [6.45, 7) is 0. The second-order valence-corrected chi connectivity index (χ2v) is 2.91. The topological polar surface area (TPSA) is 56.2 Å². The molecule has 0 fully saturated rings. The summed E-state index contributed by atoms with van der Waals surface area (Å²) >= 11 is 3.32. The Morgan fingerprint density at radius 1 is 1.45 bits per heavy atom. The van der Waals surface area contributed by atoms with Gasteiger partial charge in [-0.05, 0) is 28.1 Å². The average molecular weight is 213 g/mol. The third-order valence-corrected chi connectivity index (χ3v) is 2.04. The van der Waals surface area contributed by atoms with E-state index in [0.717, 1.165) is 10.1 Å². The van der Waals surface area contributed by atoms with E-state index < -0.39 is 0 Å². The molecule has 2 rings (SSSR count). The van der Waals surface area contributed by atoms with Crippen LogP contribution in [0.3, 0.4) is 0 Å². The van der Waals surface area contributed by atoms with E-state index in [1.165, 1.54) is 6.33 Å². The van der Waals surface area contributed by atoms with Crippen LogP contribution in [0, 0.1) is 0 Å². The highest BCUT2D eigenvalue weighted by atomic mass is 79.9. The minimum Gasteiger partial charge on any atom is -0.382 e. The highest BCUT2D eigenvalue weighted by Crippen LogP contribution is 2.16. The molecule has 0 amide bonds. The van der Waals surface area contributed by atoms with Crippen molar-refractivity contribution in [1.82, 2.24) is 14.6 Å². The van der Waals surface area contributed by atoms with E-state index in [4.69, 9.17) is 5.73 Å². The number of anilines is 1. The maximum absolute atomic E-state index is 5.58. The van der Waals surface area contributed by atoms with Crippen LogP contribution in [0.1, 0.15) is 0 Å². The summed E-state index contributed by atoms with van der Waals surface area (Å²) in [4.78, 5) is 3.85. The molecule has 0 atom stereocenters. The Kier molecular flexibility index (Phi) is 1.32. The van der Waals surface area contributed by atoms with Crippen molar-refractivity contribution < 1.29 is 0 Å². The normalized spacial score (nSPS) is 10.6. The first kappa shape index (κ1) is 6.60. The summed E-state index contributed by atoms with van der Waals surface area (Å²) in [5.74, 6) is 0.491. The van der Waals surface area contributed by atoms with Gasteiger partial charge in [0, 0.05) is 0 Å². The molecule has 0 aliphatic heterocycles. The van der Waals surface area contributed by atoms with Gasteiger partial charge < -0.3 is 5.73 Å². The van der Waals surface area contributed by atoms with Gasteiger partial charge in [0.05, 0.1) is 0 Å². The van der Waals surface area contributed by atoms with Crippen LogP contribution in [0.5, 0.6) is 0 Å². The van der Waals surface area contributed by atoms with Crippen LogP contribution >= 0.6 is 15.9 Å². The first-order chi connectivity index (χ1) is 5.29. The number of nitrogens with zero attached hydrogens (tertiary/aromatic N) is 3. The molecule has 2 aromatic rings. The summed E-state index contributed by atoms with van der Waals surface area (Å²) in [6.07, 6.45) is 1.42. The Balaban J connectivity index is 2.94. The van der Waals surface area contributed by atoms with Crippen molar-refractivity contribution in [3.05, 3.63) is 23.1 Å². The highest BCUT2D eigenvalue weighted by molar-refractivity contribution is 9.10. The summed E-state index contributed by atoms with van der Waals surface area (Å²) in [5.41, 5.74) is 6.40. The number of aromatic nitrogens is 3. The number of hydrogen-bond donors (Lipinski definition) is 1. The number of nitrogen functional groups attached to an aromatic ring is 1. The Morgan fingerprint density at radius 3 is 3.00 bits per heavy atom. The zero-order chi connectivity index (χ0) is 7.84. The summed E-state index contributed by atoms with van der Waals surface area (Å²) in [5, 5.41) is 3.98. The molecule has 11 heavy (non-hydrogen) atoms. The zero-order valence-corrected chi connectivity index (χ0v) is 7.12. The van der Waals surface area contributed by atoms with Gasteiger partial charge >= 0.3 is 0 Å². The lowest BCUT2D eigenvalue weighted by molar-refractivity contribution is 0.889. The Hall–Kier alpha value is -1.10. The van der Waals surface area contributed by atoms with Gasteiger partial charge in [-0.1, -0.05) is 0 Å². The van der Waals surface area contributed by atoms with Gasteiger partial charge in [-0.15, -0.1) is 0 Å². The van der Waals surface area contributed by atoms with Gasteiger partial charge in [-0.3, -0.25) is 0 Å². The molecule has 2 N–H and O–H groups in total. The van der Waals surface area contributed by atoms with Crippen molar-refractivity contribution in [2.45, 2.75) is 0 Å².